The Labute approximate surface area is 103 Å². The van der Waals surface area contributed by atoms with E-state index in [1.165, 1.54) is 0 Å². The fraction of sp³-hybridized carbons (Fsp3) is 0.923. The van der Waals surface area contributed by atoms with E-state index in [4.69, 9.17) is 4.74 Å². The first kappa shape index (κ1) is 12.7. The number of nitrogens with zero attached hydrogens (tertiary/aromatic N) is 1. The normalized spacial score (nSPS) is 37.1. The van der Waals surface area contributed by atoms with Gasteiger partial charge in [-0.3, -0.25) is 0 Å². The summed E-state index contributed by atoms with van der Waals surface area (Å²) in [5, 5.41) is 9.62. The van der Waals surface area contributed by atoms with Gasteiger partial charge in [0, 0.05) is 13.1 Å². The van der Waals surface area contributed by atoms with Gasteiger partial charge in [0.15, 0.2) is 0 Å². The Hall–Kier alpha value is -0.770. The van der Waals surface area contributed by atoms with E-state index in [0.29, 0.717) is 5.92 Å². The first-order chi connectivity index (χ1) is 7.73. The van der Waals surface area contributed by atoms with Gasteiger partial charge < -0.3 is 14.7 Å². The molecule has 0 bridgehead atoms. The lowest BCUT2D eigenvalue weighted by Crippen LogP contribution is -2.52. The minimum atomic E-state index is -0.433. The van der Waals surface area contributed by atoms with Gasteiger partial charge in [-0.25, -0.2) is 4.79 Å². The van der Waals surface area contributed by atoms with Crippen molar-refractivity contribution in [1.82, 2.24) is 4.90 Å². The van der Waals surface area contributed by atoms with E-state index < -0.39 is 5.60 Å². The molecule has 2 aliphatic rings. The monoisotopic (exact) mass is 241 g/mol. The molecule has 1 N–H and O–H groups in total. The number of amides is 1. The molecule has 17 heavy (non-hydrogen) atoms. The largest absolute Gasteiger partial charge is 0.444 e. The smallest absolute Gasteiger partial charge is 0.410 e. The molecule has 1 saturated carbocycles. The lowest BCUT2D eigenvalue weighted by Gasteiger charge is -2.49. The number of hydrogen-bond donors (Lipinski definition) is 1. The molecule has 0 aromatic rings. The zero-order chi connectivity index (χ0) is 12.8. The van der Waals surface area contributed by atoms with E-state index in [9.17, 15) is 9.90 Å². The molecule has 3 atom stereocenters. The summed E-state index contributed by atoms with van der Waals surface area (Å²) in [6.07, 6.45) is 1.41. The second-order valence-electron chi connectivity index (χ2n) is 6.57. The Morgan fingerprint density at radius 2 is 2.12 bits per heavy atom. The van der Waals surface area contributed by atoms with E-state index in [2.05, 4.69) is 6.92 Å². The maximum Gasteiger partial charge on any atom is 0.410 e. The van der Waals surface area contributed by atoms with Crippen LogP contribution in [0.1, 0.15) is 40.5 Å². The summed E-state index contributed by atoms with van der Waals surface area (Å²) >= 11 is 0. The van der Waals surface area contributed by atoms with E-state index in [1.807, 2.05) is 20.8 Å². The lowest BCUT2D eigenvalue weighted by molar-refractivity contribution is -0.0914. The number of carbonyl (C=O) groups excluding carboxylic acids is 1. The van der Waals surface area contributed by atoms with Crippen molar-refractivity contribution < 1.29 is 14.6 Å². The van der Waals surface area contributed by atoms with Crippen LogP contribution in [-0.2, 0) is 4.74 Å². The molecule has 98 valence electrons. The fourth-order valence-electron chi connectivity index (χ4n) is 2.94. The Balaban J connectivity index is 1.93. The average molecular weight is 241 g/mol. The summed E-state index contributed by atoms with van der Waals surface area (Å²) in [4.78, 5) is 13.7. The molecule has 1 saturated heterocycles. The molecular weight excluding hydrogens is 218 g/mol. The van der Waals surface area contributed by atoms with Crippen molar-refractivity contribution in [3.05, 3.63) is 0 Å². The zero-order valence-corrected chi connectivity index (χ0v) is 11.2. The number of rotatable bonds is 0. The average Bonchev–Trinajstić information content (AvgIpc) is 2.62. The van der Waals surface area contributed by atoms with Gasteiger partial charge in [0.2, 0.25) is 0 Å². The Bertz CT molecular complexity index is 323. The van der Waals surface area contributed by atoms with Crippen LogP contribution in [0.5, 0.6) is 0 Å². The van der Waals surface area contributed by atoms with Gasteiger partial charge in [-0.2, -0.15) is 0 Å². The van der Waals surface area contributed by atoms with Crippen molar-refractivity contribution >= 4 is 6.09 Å². The van der Waals surface area contributed by atoms with Gasteiger partial charge in [-0.15, -0.1) is 0 Å². The van der Waals surface area contributed by atoms with E-state index in [0.717, 1.165) is 25.9 Å². The van der Waals surface area contributed by atoms with Gasteiger partial charge in [-0.1, -0.05) is 6.92 Å². The van der Waals surface area contributed by atoms with Gasteiger partial charge in [0.05, 0.1) is 6.10 Å². The van der Waals surface area contributed by atoms with Crippen molar-refractivity contribution in [3.63, 3.8) is 0 Å². The van der Waals surface area contributed by atoms with Gasteiger partial charge in [-0.05, 0) is 44.9 Å². The highest BCUT2D eigenvalue weighted by atomic mass is 16.6. The van der Waals surface area contributed by atoms with Crippen LogP contribution in [0.3, 0.4) is 0 Å². The summed E-state index contributed by atoms with van der Waals surface area (Å²) in [5.41, 5.74) is -0.284. The quantitative estimate of drug-likeness (QED) is 0.706. The van der Waals surface area contributed by atoms with Crippen LogP contribution >= 0.6 is 0 Å². The van der Waals surface area contributed by atoms with E-state index in [-0.39, 0.29) is 17.6 Å². The van der Waals surface area contributed by atoms with Crippen LogP contribution in [0.15, 0.2) is 0 Å². The summed E-state index contributed by atoms with van der Waals surface area (Å²) in [6, 6.07) is 0. The summed E-state index contributed by atoms with van der Waals surface area (Å²) in [5.74, 6) is 0.301. The molecular formula is C13H23NO3. The second kappa shape index (κ2) is 3.87. The van der Waals surface area contributed by atoms with Gasteiger partial charge >= 0.3 is 6.09 Å². The van der Waals surface area contributed by atoms with Crippen molar-refractivity contribution in [2.24, 2.45) is 11.3 Å². The molecule has 0 radical (unpaired) electrons. The van der Waals surface area contributed by atoms with Crippen molar-refractivity contribution in [2.75, 3.05) is 13.1 Å². The molecule has 2 fully saturated rings. The molecule has 1 spiro atoms. The third kappa shape index (κ3) is 2.28. The zero-order valence-electron chi connectivity index (χ0n) is 11.2. The third-order valence-electron chi connectivity index (χ3n) is 4.20. The fourth-order valence-corrected chi connectivity index (χ4v) is 2.94. The number of likely N-dealkylation sites (tertiary alicyclic amines) is 1. The number of aliphatic hydroxyl groups excluding tert-OH is 1. The maximum absolute atomic E-state index is 11.9. The summed E-state index contributed by atoms with van der Waals surface area (Å²) in [6.45, 7) is 9.21. The molecule has 1 heterocycles. The van der Waals surface area contributed by atoms with Crippen LogP contribution in [0.4, 0.5) is 4.79 Å². The highest BCUT2D eigenvalue weighted by Gasteiger charge is 2.54. The predicted molar refractivity (Wildman–Crippen MR) is 64.6 cm³/mol. The molecule has 0 aromatic carbocycles. The standard InChI is InChI=1S/C13H23NO3/c1-9-10(15)7-13(9)5-6-14(8-13)11(16)17-12(2,3)4/h9-10,15H,5-8H2,1-4H3. The number of ether oxygens (including phenoxy) is 1. The molecule has 1 amide bonds. The Kier molecular flexibility index (Phi) is 2.89. The summed E-state index contributed by atoms with van der Waals surface area (Å²) in [7, 11) is 0. The van der Waals surface area contributed by atoms with Crippen LogP contribution in [0.25, 0.3) is 0 Å². The molecule has 1 aliphatic heterocycles. The number of aliphatic hydroxyl groups is 1. The minimum Gasteiger partial charge on any atom is -0.444 e. The number of hydrogen-bond acceptors (Lipinski definition) is 3. The van der Waals surface area contributed by atoms with Crippen LogP contribution < -0.4 is 0 Å². The van der Waals surface area contributed by atoms with E-state index in [1.54, 1.807) is 4.90 Å². The van der Waals surface area contributed by atoms with E-state index >= 15 is 0 Å². The lowest BCUT2D eigenvalue weighted by atomic mass is 9.58. The van der Waals surface area contributed by atoms with Crippen LogP contribution in [-0.4, -0.2) is 40.9 Å². The molecule has 2 rings (SSSR count). The van der Waals surface area contributed by atoms with Crippen molar-refractivity contribution in [1.29, 1.82) is 0 Å². The van der Waals surface area contributed by atoms with Crippen LogP contribution in [0.2, 0.25) is 0 Å². The molecule has 1 aliphatic carbocycles. The Morgan fingerprint density at radius 3 is 2.59 bits per heavy atom. The Morgan fingerprint density at radius 1 is 1.47 bits per heavy atom. The maximum atomic E-state index is 11.9. The number of carbonyl (C=O) groups is 1. The highest BCUT2D eigenvalue weighted by Crippen LogP contribution is 2.52. The topological polar surface area (TPSA) is 49.8 Å². The molecule has 4 nitrogen and oxygen atoms in total. The van der Waals surface area contributed by atoms with Crippen LogP contribution in [0, 0.1) is 11.3 Å². The molecule has 0 aromatic heterocycles. The minimum absolute atomic E-state index is 0.149. The van der Waals surface area contributed by atoms with Gasteiger partial charge in [0.25, 0.3) is 0 Å². The first-order valence-electron chi connectivity index (χ1n) is 6.39. The molecule has 4 heteroatoms. The second-order valence-corrected chi connectivity index (χ2v) is 6.57. The van der Waals surface area contributed by atoms with Crippen molar-refractivity contribution in [3.8, 4) is 0 Å². The van der Waals surface area contributed by atoms with Crippen molar-refractivity contribution in [2.45, 2.75) is 52.2 Å². The first-order valence-corrected chi connectivity index (χ1v) is 6.39. The SMILES string of the molecule is CC1C(O)CC12CCN(C(=O)OC(C)(C)C)C2. The van der Waals surface area contributed by atoms with Gasteiger partial charge in [0.1, 0.15) is 5.60 Å². The predicted octanol–water partition coefficient (Wildman–Crippen LogP) is 2.01. The summed E-state index contributed by atoms with van der Waals surface area (Å²) < 4.78 is 5.37. The highest BCUT2D eigenvalue weighted by molar-refractivity contribution is 5.68. The third-order valence-corrected chi connectivity index (χ3v) is 4.20. The molecule has 3 unspecified atom stereocenters.